The van der Waals surface area contributed by atoms with Gasteiger partial charge in [0.15, 0.2) is 0 Å². The van der Waals surface area contributed by atoms with Crippen LogP contribution in [-0.4, -0.2) is 36.1 Å². The summed E-state index contributed by atoms with van der Waals surface area (Å²) >= 11 is 2.02. The van der Waals surface area contributed by atoms with Gasteiger partial charge in [0, 0.05) is 11.4 Å². The molecule has 0 radical (unpaired) electrons. The monoisotopic (exact) mass is 291 g/mol. The Morgan fingerprint density at radius 2 is 2.20 bits per heavy atom. The van der Waals surface area contributed by atoms with E-state index in [0.717, 1.165) is 12.5 Å². The second-order valence-electron chi connectivity index (χ2n) is 6.69. The number of fused-ring (bicyclic) bond motifs is 4. The van der Waals surface area contributed by atoms with Crippen LogP contribution in [0.5, 0.6) is 0 Å². The molecular weight excluding hydrogens is 266 g/mol. The van der Waals surface area contributed by atoms with E-state index in [1.807, 2.05) is 11.3 Å². The summed E-state index contributed by atoms with van der Waals surface area (Å²) in [5.74, 6) is 0.797. The third kappa shape index (κ3) is 1.96. The van der Waals surface area contributed by atoms with Crippen molar-refractivity contribution in [2.45, 2.75) is 51.0 Å². The number of nitrogens with one attached hydrogen (secondary N) is 1. The number of hydrogen-bond donors (Lipinski definition) is 1. The maximum atomic E-state index is 5.09. The average molecular weight is 291 g/mol. The van der Waals surface area contributed by atoms with Crippen LogP contribution in [0, 0.1) is 5.92 Å². The molecule has 3 aliphatic heterocycles. The highest BCUT2D eigenvalue weighted by atomic mass is 32.1. The standard InChI is InChI=1S/C16H25N3S/c1-2-8-17-16(11-19-9-6-12(16)7-10-19)15-18-13-4-3-5-14(13)20-15/h12,17H,2-11H2,1H3. The zero-order valence-electron chi connectivity index (χ0n) is 12.5. The Morgan fingerprint density at radius 1 is 1.35 bits per heavy atom. The zero-order valence-corrected chi connectivity index (χ0v) is 13.3. The van der Waals surface area contributed by atoms with Crippen LogP contribution >= 0.6 is 11.3 Å². The summed E-state index contributed by atoms with van der Waals surface area (Å²) in [5.41, 5.74) is 1.58. The third-order valence-corrected chi connectivity index (χ3v) is 6.76. The molecule has 2 bridgehead atoms. The average Bonchev–Trinajstić information content (AvgIpc) is 3.08. The normalized spacial score (nSPS) is 35.5. The summed E-state index contributed by atoms with van der Waals surface area (Å²) < 4.78 is 0. The van der Waals surface area contributed by atoms with E-state index in [2.05, 4.69) is 17.1 Å². The minimum Gasteiger partial charge on any atom is -0.304 e. The molecule has 1 unspecified atom stereocenters. The van der Waals surface area contributed by atoms with E-state index >= 15 is 0 Å². The van der Waals surface area contributed by atoms with E-state index in [1.54, 1.807) is 4.88 Å². The molecule has 0 amide bonds. The molecule has 0 saturated carbocycles. The lowest BCUT2D eigenvalue weighted by atomic mass is 9.73. The summed E-state index contributed by atoms with van der Waals surface area (Å²) in [6.45, 7) is 7.17. The zero-order chi connectivity index (χ0) is 13.6. The molecule has 0 spiro atoms. The highest BCUT2D eigenvalue weighted by Crippen LogP contribution is 2.45. The predicted octanol–water partition coefficient (Wildman–Crippen LogP) is 2.55. The summed E-state index contributed by atoms with van der Waals surface area (Å²) in [6, 6.07) is 0. The first kappa shape index (κ1) is 13.2. The maximum Gasteiger partial charge on any atom is 0.115 e. The minimum atomic E-state index is 0.168. The highest BCUT2D eigenvalue weighted by Gasteiger charge is 2.49. The van der Waals surface area contributed by atoms with Gasteiger partial charge in [0.05, 0.1) is 11.2 Å². The third-order valence-electron chi connectivity index (χ3n) is 5.43. The number of piperidine rings is 3. The SMILES string of the molecule is CCCNC1(c2nc3c(s2)CCC3)CN2CCC1CC2. The molecule has 3 saturated heterocycles. The van der Waals surface area contributed by atoms with Crippen molar-refractivity contribution < 1.29 is 0 Å². The second-order valence-corrected chi connectivity index (χ2v) is 7.77. The Balaban J connectivity index is 1.70. The van der Waals surface area contributed by atoms with Gasteiger partial charge in [-0.05, 0) is 64.1 Å². The molecule has 1 aliphatic carbocycles. The molecule has 4 aliphatic rings. The van der Waals surface area contributed by atoms with Crippen molar-refractivity contribution in [1.82, 2.24) is 15.2 Å². The molecule has 3 fully saturated rings. The first-order valence-electron chi connectivity index (χ1n) is 8.28. The fourth-order valence-corrected chi connectivity index (χ4v) is 5.70. The molecule has 4 heteroatoms. The number of aromatic nitrogens is 1. The fraction of sp³-hybridized carbons (Fsp3) is 0.812. The van der Waals surface area contributed by atoms with Gasteiger partial charge in [-0.15, -0.1) is 11.3 Å². The quantitative estimate of drug-likeness (QED) is 0.924. The first-order valence-corrected chi connectivity index (χ1v) is 9.10. The number of rotatable bonds is 4. The molecule has 5 rings (SSSR count). The predicted molar refractivity (Wildman–Crippen MR) is 83.3 cm³/mol. The van der Waals surface area contributed by atoms with E-state index in [9.17, 15) is 0 Å². The minimum absolute atomic E-state index is 0.168. The van der Waals surface area contributed by atoms with Crippen molar-refractivity contribution in [3.8, 4) is 0 Å². The maximum absolute atomic E-state index is 5.09. The number of nitrogens with zero attached hydrogens (tertiary/aromatic N) is 2. The van der Waals surface area contributed by atoms with E-state index in [4.69, 9.17) is 4.98 Å². The second kappa shape index (κ2) is 5.08. The lowest BCUT2D eigenvalue weighted by Crippen LogP contribution is -2.63. The highest BCUT2D eigenvalue weighted by molar-refractivity contribution is 7.12. The lowest BCUT2D eigenvalue weighted by Gasteiger charge is -2.52. The summed E-state index contributed by atoms with van der Waals surface area (Å²) in [4.78, 5) is 9.31. The van der Waals surface area contributed by atoms with Crippen molar-refractivity contribution in [2.24, 2.45) is 5.92 Å². The van der Waals surface area contributed by atoms with Gasteiger partial charge in [0.1, 0.15) is 5.01 Å². The molecule has 110 valence electrons. The van der Waals surface area contributed by atoms with Gasteiger partial charge in [0.25, 0.3) is 0 Å². The van der Waals surface area contributed by atoms with Gasteiger partial charge < -0.3 is 10.2 Å². The molecule has 3 nitrogen and oxygen atoms in total. The number of aryl methyl sites for hydroxylation is 2. The van der Waals surface area contributed by atoms with Crippen LogP contribution in [0.25, 0.3) is 0 Å². The van der Waals surface area contributed by atoms with Crippen molar-refractivity contribution >= 4 is 11.3 Å². The molecular formula is C16H25N3S. The van der Waals surface area contributed by atoms with Gasteiger partial charge in [-0.2, -0.15) is 0 Å². The van der Waals surface area contributed by atoms with Gasteiger partial charge in [-0.25, -0.2) is 4.98 Å². The van der Waals surface area contributed by atoms with Gasteiger partial charge in [-0.3, -0.25) is 0 Å². The topological polar surface area (TPSA) is 28.2 Å². The Morgan fingerprint density at radius 3 is 2.85 bits per heavy atom. The number of thiazole rings is 1. The summed E-state index contributed by atoms with van der Waals surface area (Å²) in [7, 11) is 0. The molecule has 1 atom stereocenters. The van der Waals surface area contributed by atoms with Gasteiger partial charge in [0.2, 0.25) is 0 Å². The van der Waals surface area contributed by atoms with Crippen molar-refractivity contribution in [3.63, 3.8) is 0 Å². The van der Waals surface area contributed by atoms with Gasteiger partial charge >= 0.3 is 0 Å². The molecule has 4 heterocycles. The Kier molecular flexibility index (Phi) is 3.36. The molecule has 1 N–H and O–H groups in total. The van der Waals surface area contributed by atoms with Crippen molar-refractivity contribution in [3.05, 3.63) is 15.6 Å². The summed E-state index contributed by atoms with van der Waals surface area (Å²) in [5, 5.41) is 5.33. The van der Waals surface area contributed by atoms with E-state index in [-0.39, 0.29) is 5.54 Å². The van der Waals surface area contributed by atoms with Gasteiger partial charge in [-0.1, -0.05) is 6.92 Å². The van der Waals surface area contributed by atoms with E-state index < -0.39 is 0 Å². The Hall–Kier alpha value is -0.450. The molecule has 20 heavy (non-hydrogen) atoms. The first-order chi connectivity index (χ1) is 9.82. The van der Waals surface area contributed by atoms with Crippen LogP contribution < -0.4 is 5.32 Å². The van der Waals surface area contributed by atoms with Crippen LogP contribution in [0.4, 0.5) is 0 Å². The van der Waals surface area contributed by atoms with Crippen molar-refractivity contribution in [2.75, 3.05) is 26.2 Å². The van der Waals surface area contributed by atoms with Crippen LogP contribution in [-0.2, 0) is 18.4 Å². The fourth-order valence-electron chi connectivity index (χ4n) is 4.31. The van der Waals surface area contributed by atoms with E-state index in [1.165, 1.54) is 68.9 Å². The van der Waals surface area contributed by atoms with Crippen LogP contribution in [0.1, 0.15) is 48.2 Å². The Bertz CT molecular complexity index is 468. The van der Waals surface area contributed by atoms with Crippen LogP contribution in [0.15, 0.2) is 0 Å². The number of hydrogen-bond acceptors (Lipinski definition) is 4. The largest absolute Gasteiger partial charge is 0.304 e. The lowest BCUT2D eigenvalue weighted by molar-refractivity contribution is 0.00313. The smallest absolute Gasteiger partial charge is 0.115 e. The van der Waals surface area contributed by atoms with Crippen LogP contribution in [0.2, 0.25) is 0 Å². The molecule has 1 aromatic rings. The van der Waals surface area contributed by atoms with Crippen LogP contribution in [0.3, 0.4) is 0 Å². The molecule has 1 aromatic heterocycles. The Labute approximate surface area is 125 Å². The molecule has 0 aromatic carbocycles. The van der Waals surface area contributed by atoms with Crippen molar-refractivity contribution in [1.29, 1.82) is 0 Å². The van der Waals surface area contributed by atoms with E-state index in [0.29, 0.717) is 0 Å². The summed E-state index contributed by atoms with van der Waals surface area (Å²) in [6.07, 6.45) is 7.70.